The number of anilines is 1. The van der Waals surface area contributed by atoms with Crippen LogP contribution in [-0.2, 0) is 24.3 Å². The Labute approximate surface area is 218 Å². The number of nitrogens with zero attached hydrogens (tertiary/aromatic N) is 5. The van der Waals surface area contributed by atoms with Gasteiger partial charge in [-0.2, -0.15) is 0 Å². The Morgan fingerprint density at radius 2 is 1.81 bits per heavy atom. The van der Waals surface area contributed by atoms with Gasteiger partial charge in [-0.15, -0.1) is 4.31 Å². The average molecular weight is 512 g/mol. The zero-order chi connectivity index (χ0) is 25.3. The third-order valence-electron chi connectivity index (χ3n) is 6.72. The SMILES string of the molecule is CCc1cnc(N2CCC(Oc3ccc(CN4CCN([S+](C)[O-])CC4)cc3C#CCCO)CC2)nc1. The number of aliphatic hydroxyl groups excluding tert-OH is 1. The van der Waals surface area contributed by atoms with Crippen molar-refractivity contribution in [2.24, 2.45) is 0 Å². The van der Waals surface area contributed by atoms with Gasteiger partial charge in [0.05, 0.1) is 25.3 Å². The lowest BCUT2D eigenvalue weighted by Crippen LogP contribution is -2.47. The first-order valence-corrected chi connectivity index (χ1v) is 14.3. The van der Waals surface area contributed by atoms with Crippen molar-refractivity contribution in [3.05, 3.63) is 47.3 Å². The summed E-state index contributed by atoms with van der Waals surface area (Å²) >= 11 is -0.902. The molecule has 9 heteroatoms. The van der Waals surface area contributed by atoms with Crippen molar-refractivity contribution in [3.63, 3.8) is 0 Å². The summed E-state index contributed by atoms with van der Waals surface area (Å²) < 4.78 is 20.2. The van der Waals surface area contributed by atoms with E-state index in [0.717, 1.165) is 87.9 Å². The summed E-state index contributed by atoms with van der Waals surface area (Å²) in [7, 11) is 0. The van der Waals surface area contributed by atoms with Crippen molar-refractivity contribution < 1.29 is 14.4 Å². The van der Waals surface area contributed by atoms with Gasteiger partial charge in [-0.3, -0.25) is 4.90 Å². The predicted octanol–water partition coefficient (Wildman–Crippen LogP) is 2.23. The Balaban J connectivity index is 1.37. The molecule has 36 heavy (non-hydrogen) atoms. The number of aromatic nitrogens is 2. The molecule has 2 saturated heterocycles. The maximum atomic E-state index is 11.7. The average Bonchev–Trinajstić information content (AvgIpc) is 2.91. The molecule has 2 fully saturated rings. The standard InChI is InChI=1S/C27H37N5O3S/c1-3-22-19-28-27(29-20-22)31-11-9-25(10-12-31)35-26-8-7-23(18-24(26)6-4-5-17-33)21-30-13-15-32(16-14-30)36(2)34/h7-8,18-20,25,33H,3,5,9-17,21H2,1-2H3. The van der Waals surface area contributed by atoms with Gasteiger partial charge >= 0.3 is 0 Å². The molecule has 2 aromatic rings. The van der Waals surface area contributed by atoms with E-state index in [4.69, 9.17) is 4.74 Å². The molecule has 8 nitrogen and oxygen atoms in total. The van der Waals surface area contributed by atoms with E-state index in [2.05, 4.69) is 50.7 Å². The molecule has 1 unspecified atom stereocenters. The monoisotopic (exact) mass is 511 g/mol. The van der Waals surface area contributed by atoms with Crippen molar-refractivity contribution in [3.8, 4) is 17.6 Å². The number of aliphatic hydroxyl groups is 1. The molecule has 0 saturated carbocycles. The zero-order valence-electron chi connectivity index (χ0n) is 21.4. The third-order valence-corrected chi connectivity index (χ3v) is 7.82. The summed E-state index contributed by atoms with van der Waals surface area (Å²) in [5.74, 6) is 7.87. The van der Waals surface area contributed by atoms with Gasteiger partial charge in [-0.1, -0.05) is 24.8 Å². The van der Waals surface area contributed by atoms with Gasteiger partial charge in [-0.05, 0) is 29.7 Å². The normalized spacial score (nSPS) is 18.5. The van der Waals surface area contributed by atoms with Crippen molar-refractivity contribution in [1.29, 1.82) is 0 Å². The summed E-state index contributed by atoms with van der Waals surface area (Å²) in [6.45, 7) is 8.12. The molecule has 2 aliphatic heterocycles. The Kier molecular flexibility index (Phi) is 9.84. The summed E-state index contributed by atoms with van der Waals surface area (Å²) in [5, 5.41) is 9.17. The number of piperidine rings is 1. The second kappa shape index (κ2) is 13.3. The van der Waals surface area contributed by atoms with E-state index < -0.39 is 11.4 Å². The highest BCUT2D eigenvalue weighted by Crippen LogP contribution is 2.26. The highest BCUT2D eigenvalue weighted by atomic mass is 32.2. The van der Waals surface area contributed by atoms with Gasteiger partial charge in [0, 0.05) is 75.7 Å². The first-order chi connectivity index (χ1) is 17.6. The first kappa shape index (κ1) is 26.7. The van der Waals surface area contributed by atoms with Crippen molar-refractivity contribution in [2.45, 2.75) is 45.3 Å². The van der Waals surface area contributed by atoms with E-state index in [1.807, 2.05) is 22.8 Å². The fraction of sp³-hybridized carbons (Fsp3) is 0.556. The summed E-state index contributed by atoms with van der Waals surface area (Å²) in [4.78, 5) is 13.6. The second-order valence-electron chi connectivity index (χ2n) is 9.28. The molecule has 0 spiro atoms. The molecule has 194 valence electrons. The smallest absolute Gasteiger partial charge is 0.225 e. The summed E-state index contributed by atoms with van der Waals surface area (Å²) in [6.07, 6.45) is 8.85. The molecule has 1 aromatic carbocycles. The maximum absolute atomic E-state index is 11.7. The Hall–Kier alpha value is -2.35. The molecular weight excluding hydrogens is 474 g/mol. The van der Waals surface area contributed by atoms with E-state index in [1.54, 1.807) is 6.26 Å². The van der Waals surface area contributed by atoms with E-state index in [0.29, 0.717) is 6.42 Å². The van der Waals surface area contributed by atoms with Crippen LogP contribution < -0.4 is 9.64 Å². The van der Waals surface area contributed by atoms with Crippen molar-refractivity contribution >= 4 is 17.3 Å². The van der Waals surface area contributed by atoms with Gasteiger partial charge in [0.1, 0.15) is 18.1 Å². The van der Waals surface area contributed by atoms with Gasteiger partial charge in [0.15, 0.2) is 0 Å². The number of hydrogen-bond acceptors (Lipinski definition) is 8. The van der Waals surface area contributed by atoms with Crippen molar-refractivity contribution in [2.75, 3.05) is 57.0 Å². The second-order valence-corrected chi connectivity index (χ2v) is 10.6. The van der Waals surface area contributed by atoms with Gasteiger partial charge in [0.25, 0.3) is 0 Å². The Morgan fingerprint density at radius 1 is 1.08 bits per heavy atom. The molecular formula is C27H37N5O3S. The molecule has 2 aliphatic rings. The molecule has 0 radical (unpaired) electrons. The van der Waals surface area contributed by atoms with Crippen LogP contribution in [0.15, 0.2) is 30.6 Å². The molecule has 1 atom stereocenters. The number of rotatable bonds is 8. The van der Waals surface area contributed by atoms with Crippen molar-refractivity contribution in [1.82, 2.24) is 19.2 Å². The van der Waals surface area contributed by atoms with Crippen LogP contribution >= 0.6 is 0 Å². The Morgan fingerprint density at radius 3 is 2.44 bits per heavy atom. The third kappa shape index (κ3) is 7.34. The van der Waals surface area contributed by atoms with Crippen LogP contribution in [0.4, 0.5) is 5.95 Å². The van der Waals surface area contributed by atoms with Crippen LogP contribution in [0.2, 0.25) is 0 Å². The van der Waals surface area contributed by atoms with E-state index in [-0.39, 0.29) is 12.7 Å². The van der Waals surface area contributed by atoms with Crippen LogP contribution in [0.1, 0.15) is 42.9 Å². The van der Waals surface area contributed by atoms with E-state index >= 15 is 0 Å². The fourth-order valence-corrected chi connectivity index (χ4v) is 5.22. The number of hydrogen-bond donors (Lipinski definition) is 1. The molecule has 0 bridgehead atoms. The van der Waals surface area contributed by atoms with Crippen LogP contribution in [0.3, 0.4) is 0 Å². The highest BCUT2D eigenvalue weighted by Gasteiger charge is 2.24. The molecule has 0 aliphatic carbocycles. The Bertz CT molecular complexity index is 1020. The van der Waals surface area contributed by atoms with Crippen LogP contribution in [0, 0.1) is 11.8 Å². The molecule has 1 aromatic heterocycles. The zero-order valence-corrected chi connectivity index (χ0v) is 22.2. The lowest BCUT2D eigenvalue weighted by Gasteiger charge is -2.33. The summed E-state index contributed by atoms with van der Waals surface area (Å²) in [5.41, 5.74) is 3.20. The van der Waals surface area contributed by atoms with Crippen LogP contribution in [0.5, 0.6) is 5.75 Å². The topological polar surface area (TPSA) is 88.0 Å². The fourth-order valence-electron chi connectivity index (χ4n) is 4.54. The van der Waals surface area contributed by atoms with E-state index in [9.17, 15) is 9.66 Å². The molecule has 3 heterocycles. The molecule has 1 N–H and O–H groups in total. The van der Waals surface area contributed by atoms with E-state index in [1.165, 1.54) is 5.56 Å². The first-order valence-electron chi connectivity index (χ1n) is 12.8. The quantitative estimate of drug-likeness (QED) is 0.427. The number of piperazine rings is 1. The van der Waals surface area contributed by atoms with Crippen LogP contribution in [-0.4, -0.2) is 87.1 Å². The minimum atomic E-state index is -0.902. The van der Waals surface area contributed by atoms with Crippen LogP contribution in [0.25, 0.3) is 0 Å². The minimum Gasteiger partial charge on any atom is -0.598 e. The largest absolute Gasteiger partial charge is 0.598 e. The number of benzene rings is 1. The number of ether oxygens (including phenoxy) is 1. The van der Waals surface area contributed by atoms with Gasteiger partial charge < -0.3 is 19.3 Å². The highest BCUT2D eigenvalue weighted by molar-refractivity contribution is 7.88. The van der Waals surface area contributed by atoms with Gasteiger partial charge in [0.2, 0.25) is 5.95 Å². The van der Waals surface area contributed by atoms with Gasteiger partial charge in [-0.25, -0.2) is 9.97 Å². The molecule has 4 rings (SSSR count). The lowest BCUT2D eigenvalue weighted by molar-refractivity contribution is 0.169. The summed E-state index contributed by atoms with van der Waals surface area (Å²) in [6, 6.07) is 6.27. The predicted molar refractivity (Wildman–Crippen MR) is 143 cm³/mol. The molecule has 0 amide bonds. The minimum absolute atomic E-state index is 0.0473. The maximum Gasteiger partial charge on any atom is 0.225 e. The number of aryl methyl sites for hydroxylation is 1. The lowest BCUT2D eigenvalue weighted by atomic mass is 10.1.